The summed E-state index contributed by atoms with van der Waals surface area (Å²) >= 11 is 0. The minimum atomic E-state index is -0.0293. The van der Waals surface area contributed by atoms with E-state index in [9.17, 15) is 4.79 Å². The third-order valence-electron chi connectivity index (χ3n) is 5.98. The topological polar surface area (TPSA) is 64.3 Å². The smallest absolute Gasteiger partial charge is 0.289 e. The zero-order chi connectivity index (χ0) is 19.8. The molecule has 2 heterocycles. The SMILES string of the molecule is CN=C(NCCCN(C)C1CCCCC1)N1CCN(C(=O)c2ccco2)CC1.I. The summed E-state index contributed by atoms with van der Waals surface area (Å²) in [6, 6.07) is 4.24. The van der Waals surface area contributed by atoms with Crippen LogP contribution < -0.4 is 5.32 Å². The maximum Gasteiger partial charge on any atom is 0.289 e. The summed E-state index contributed by atoms with van der Waals surface area (Å²) in [5.41, 5.74) is 0. The molecule has 0 bridgehead atoms. The highest BCUT2D eigenvalue weighted by atomic mass is 127. The van der Waals surface area contributed by atoms with Gasteiger partial charge in [-0.1, -0.05) is 19.3 Å². The predicted octanol–water partition coefficient (Wildman–Crippen LogP) is 2.89. The number of carbonyl (C=O) groups excluding carboxylic acids is 1. The fourth-order valence-electron chi connectivity index (χ4n) is 4.24. The Morgan fingerprint density at radius 3 is 2.52 bits per heavy atom. The first-order valence-electron chi connectivity index (χ1n) is 10.7. The van der Waals surface area contributed by atoms with Crippen LogP contribution in [0.5, 0.6) is 0 Å². The van der Waals surface area contributed by atoms with Gasteiger partial charge in [-0.3, -0.25) is 9.79 Å². The van der Waals surface area contributed by atoms with Gasteiger partial charge in [-0.25, -0.2) is 0 Å². The molecule has 164 valence electrons. The molecule has 8 heteroatoms. The molecule has 7 nitrogen and oxygen atoms in total. The first-order valence-corrected chi connectivity index (χ1v) is 10.7. The Balaban J connectivity index is 0.00000300. The maximum atomic E-state index is 12.4. The van der Waals surface area contributed by atoms with Gasteiger partial charge in [0.2, 0.25) is 0 Å². The Morgan fingerprint density at radius 2 is 1.90 bits per heavy atom. The van der Waals surface area contributed by atoms with Crippen LogP contribution >= 0.6 is 24.0 Å². The van der Waals surface area contributed by atoms with Crippen LogP contribution in [-0.4, -0.2) is 86.0 Å². The summed E-state index contributed by atoms with van der Waals surface area (Å²) < 4.78 is 5.23. The van der Waals surface area contributed by atoms with Gasteiger partial charge >= 0.3 is 0 Å². The monoisotopic (exact) mass is 517 g/mol. The number of hydrogen-bond acceptors (Lipinski definition) is 4. The molecule has 1 saturated carbocycles. The van der Waals surface area contributed by atoms with Crippen molar-refractivity contribution in [2.45, 2.75) is 44.6 Å². The lowest BCUT2D eigenvalue weighted by Gasteiger charge is -2.36. The third kappa shape index (κ3) is 6.87. The van der Waals surface area contributed by atoms with Gasteiger partial charge in [0.25, 0.3) is 5.91 Å². The first kappa shape index (κ1) is 24.0. The molecule has 0 atom stereocenters. The van der Waals surface area contributed by atoms with Crippen molar-refractivity contribution in [1.29, 1.82) is 0 Å². The van der Waals surface area contributed by atoms with E-state index in [0.717, 1.165) is 44.6 Å². The Bertz CT molecular complexity index is 623. The number of rotatable bonds is 6. The Hall–Kier alpha value is -1.29. The standard InChI is InChI=1S/C21H35N5O2.HI/c1-22-21(23-11-7-12-24(2)18-8-4-3-5-9-18)26-15-13-25(14-16-26)20(27)19-10-6-17-28-19;/h6,10,17-18H,3-5,7-9,11-16H2,1-2H3,(H,22,23);1H. The van der Waals surface area contributed by atoms with Crippen molar-refractivity contribution in [3.8, 4) is 0 Å². The van der Waals surface area contributed by atoms with Gasteiger partial charge in [-0.05, 0) is 45.0 Å². The molecule has 0 radical (unpaired) electrons. The van der Waals surface area contributed by atoms with Crippen LogP contribution in [0.4, 0.5) is 0 Å². The normalized spacial score (nSPS) is 18.7. The highest BCUT2D eigenvalue weighted by Crippen LogP contribution is 2.21. The number of nitrogens with one attached hydrogen (secondary N) is 1. The van der Waals surface area contributed by atoms with Gasteiger partial charge in [0, 0.05) is 45.8 Å². The lowest BCUT2D eigenvalue weighted by Crippen LogP contribution is -2.54. The van der Waals surface area contributed by atoms with Crippen LogP contribution in [0, 0.1) is 0 Å². The maximum absolute atomic E-state index is 12.4. The van der Waals surface area contributed by atoms with Gasteiger partial charge < -0.3 is 24.4 Å². The molecule has 0 aromatic carbocycles. The Morgan fingerprint density at radius 1 is 1.21 bits per heavy atom. The van der Waals surface area contributed by atoms with Gasteiger partial charge in [0.15, 0.2) is 11.7 Å². The van der Waals surface area contributed by atoms with Crippen molar-refractivity contribution in [1.82, 2.24) is 20.0 Å². The van der Waals surface area contributed by atoms with Gasteiger partial charge in [-0.15, -0.1) is 24.0 Å². The highest BCUT2D eigenvalue weighted by molar-refractivity contribution is 14.0. The lowest BCUT2D eigenvalue weighted by atomic mass is 9.94. The molecule has 3 rings (SSSR count). The van der Waals surface area contributed by atoms with E-state index in [1.54, 1.807) is 18.4 Å². The Kier molecular flexibility index (Phi) is 10.3. The molecule has 1 aliphatic carbocycles. The summed E-state index contributed by atoms with van der Waals surface area (Å²) in [6.07, 6.45) is 9.54. The van der Waals surface area contributed by atoms with E-state index in [4.69, 9.17) is 4.42 Å². The van der Waals surface area contributed by atoms with E-state index >= 15 is 0 Å². The van der Waals surface area contributed by atoms with E-state index in [-0.39, 0.29) is 29.9 Å². The molecule has 1 aliphatic heterocycles. The average Bonchev–Trinajstić information content (AvgIpc) is 3.29. The number of halogens is 1. The fraction of sp³-hybridized carbons (Fsp3) is 0.714. The van der Waals surface area contributed by atoms with Crippen molar-refractivity contribution < 1.29 is 9.21 Å². The molecule has 1 amide bonds. The van der Waals surface area contributed by atoms with Crippen molar-refractivity contribution >= 4 is 35.8 Å². The van der Waals surface area contributed by atoms with Crippen LogP contribution in [0.25, 0.3) is 0 Å². The van der Waals surface area contributed by atoms with E-state index < -0.39 is 0 Å². The van der Waals surface area contributed by atoms with Gasteiger partial charge in [0.05, 0.1) is 6.26 Å². The number of furan rings is 1. The fourth-order valence-corrected chi connectivity index (χ4v) is 4.24. The Labute approximate surface area is 191 Å². The molecule has 0 spiro atoms. The summed E-state index contributed by atoms with van der Waals surface area (Å²) in [5.74, 6) is 1.32. The molecule has 29 heavy (non-hydrogen) atoms. The number of piperazine rings is 1. The zero-order valence-corrected chi connectivity index (χ0v) is 20.1. The number of nitrogens with zero attached hydrogens (tertiary/aromatic N) is 4. The lowest BCUT2D eigenvalue weighted by molar-refractivity contribution is 0.0657. The molecular formula is C21H36IN5O2. The first-order chi connectivity index (χ1) is 13.7. The van der Waals surface area contributed by atoms with Crippen LogP contribution in [-0.2, 0) is 0 Å². The zero-order valence-electron chi connectivity index (χ0n) is 17.8. The van der Waals surface area contributed by atoms with Gasteiger partial charge in [0.1, 0.15) is 0 Å². The molecular weight excluding hydrogens is 481 g/mol. The minimum absolute atomic E-state index is 0. The van der Waals surface area contributed by atoms with Crippen molar-refractivity contribution in [2.24, 2.45) is 4.99 Å². The van der Waals surface area contributed by atoms with E-state index in [0.29, 0.717) is 18.8 Å². The molecule has 0 unspecified atom stereocenters. The molecule has 2 aliphatic rings. The second-order valence-corrected chi connectivity index (χ2v) is 7.86. The summed E-state index contributed by atoms with van der Waals surface area (Å²) in [7, 11) is 4.09. The van der Waals surface area contributed by atoms with Crippen LogP contribution in [0.3, 0.4) is 0 Å². The van der Waals surface area contributed by atoms with E-state index in [2.05, 4.69) is 27.2 Å². The van der Waals surface area contributed by atoms with Crippen LogP contribution in [0.15, 0.2) is 27.8 Å². The van der Waals surface area contributed by atoms with E-state index in [1.807, 2.05) is 11.9 Å². The molecule has 1 N–H and O–H groups in total. The largest absolute Gasteiger partial charge is 0.459 e. The number of amides is 1. The summed E-state index contributed by atoms with van der Waals surface area (Å²) in [4.78, 5) is 23.4. The summed E-state index contributed by atoms with van der Waals surface area (Å²) in [5, 5.41) is 3.50. The molecule has 1 aromatic heterocycles. The number of guanidine groups is 1. The van der Waals surface area contributed by atoms with Crippen LogP contribution in [0.2, 0.25) is 0 Å². The van der Waals surface area contributed by atoms with Gasteiger partial charge in [-0.2, -0.15) is 0 Å². The second-order valence-electron chi connectivity index (χ2n) is 7.86. The summed E-state index contributed by atoms with van der Waals surface area (Å²) in [6.45, 7) is 4.99. The third-order valence-corrected chi connectivity index (χ3v) is 5.98. The highest BCUT2D eigenvalue weighted by Gasteiger charge is 2.25. The number of aliphatic imine (C=N–C) groups is 1. The van der Waals surface area contributed by atoms with Crippen LogP contribution in [0.1, 0.15) is 49.1 Å². The van der Waals surface area contributed by atoms with Crippen molar-refractivity contribution in [3.63, 3.8) is 0 Å². The average molecular weight is 517 g/mol. The number of hydrogen-bond donors (Lipinski definition) is 1. The molecule has 2 fully saturated rings. The number of carbonyl (C=O) groups is 1. The second kappa shape index (κ2) is 12.4. The van der Waals surface area contributed by atoms with Crippen molar-refractivity contribution in [2.75, 3.05) is 53.4 Å². The van der Waals surface area contributed by atoms with E-state index in [1.165, 1.54) is 32.1 Å². The molecule has 1 aromatic rings. The minimum Gasteiger partial charge on any atom is -0.459 e. The van der Waals surface area contributed by atoms with Crippen molar-refractivity contribution in [3.05, 3.63) is 24.2 Å². The molecule has 1 saturated heterocycles. The quantitative estimate of drug-likeness (QED) is 0.272. The predicted molar refractivity (Wildman–Crippen MR) is 127 cm³/mol.